The zero-order chi connectivity index (χ0) is 13.3. The Morgan fingerprint density at radius 2 is 2.06 bits per heavy atom. The molecule has 0 spiro atoms. The van der Waals surface area contributed by atoms with Crippen LogP contribution < -0.4 is 10.5 Å². The highest BCUT2D eigenvalue weighted by molar-refractivity contribution is 9.11. The van der Waals surface area contributed by atoms with E-state index in [9.17, 15) is 8.42 Å². The lowest BCUT2D eigenvalue weighted by Crippen LogP contribution is -2.15. The normalized spacial score (nSPS) is 11.4. The van der Waals surface area contributed by atoms with E-state index in [2.05, 4.69) is 46.8 Å². The Morgan fingerprint density at radius 1 is 1.33 bits per heavy atom. The second-order valence-corrected chi connectivity index (χ2v) is 7.38. The zero-order valence-electron chi connectivity index (χ0n) is 8.59. The van der Waals surface area contributed by atoms with Gasteiger partial charge in [0.2, 0.25) is 5.13 Å². The van der Waals surface area contributed by atoms with E-state index >= 15 is 0 Å². The molecule has 6 nitrogen and oxygen atoms in total. The van der Waals surface area contributed by atoms with Crippen LogP contribution in [-0.2, 0) is 10.0 Å². The first-order chi connectivity index (χ1) is 8.40. The molecule has 3 N–H and O–H groups in total. The average Bonchev–Trinajstić information content (AvgIpc) is 2.66. The monoisotopic (exact) mass is 412 g/mol. The predicted molar refractivity (Wildman–Crippen MR) is 77.0 cm³/mol. The number of rotatable bonds is 3. The number of nitrogens with one attached hydrogen (secondary N) is 1. The van der Waals surface area contributed by atoms with Crippen LogP contribution in [0, 0.1) is 0 Å². The smallest absolute Gasteiger partial charge is 0.266 e. The molecule has 96 valence electrons. The fraction of sp³-hybridized carbons (Fsp3) is 0. The molecule has 0 unspecified atom stereocenters. The number of nitrogens with two attached hydrogens (primary N) is 1. The molecule has 2 aromatic rings. The van der Waals surface area contributed by atoms with Crippen LogP contribution in [-0.4, -0.2) is 18.6 Å². The van der Waals surface area contributed by atoms with Crippen molar-refractivity contribution >= 4 is 64.0 Å². The van der Waals surface area contributed by atoms with Crippen molar-refractivity contribution in [2.45, 2.75) is 4.90 Å². The van der Waals surface area contributed by atoms with Crippen LogP contribution in [0.4, 0.5) is 10.8 Å². The summed E-state index contributed by atoms with van der Waals surface area (Å²) in [5.41, 5.74) is 7.29. The van der Waals surface area contributed by atoms with Gasteiger partial charge in [-0.2, -0.15) is 0 Å². The molecule has 1 heterocycles. The summed E-state index contributed by atoms with van der Waals surface area (Å²) >= 11 is 7.49. The van der Waals surface area contributed by atoms with E-state index in [1.807, 2.05) is 0 Å². The Morgan fingerprint density at radius 3 is 2.61 bits per heavy atom. The maximum Gasteiger partial charge on any atom is 0.266 e. The van der Waals surface area contributed by atoms with Crippen LogP contribution in [0.3, 0.4) is 0 Å². The van der Waals surface area contributed by atoms with Gasteiger partial charge in [0.05, 0.1) is 5.69 Å². The number of benzene rings is 1. The number of nitrogen functional groups attached to an aromatic ring is 1. The molecule has 0 aliphatic rings. The molecule has 0 saturated heterocycles. The zero-order valence-corrected chi connectivity index (χ0v) is 13.4. The van der Waals surface area contributed by atoms with Crippen LogP contribution in [0.25, 0.3) is 0 Å². The first-order valence-corrected chi connectivity index (χ1v) is 8.38. The Labute approximate surface area is 124 Å². The lowest BCUT2D eigenvalue weighted by Gasteiger charge is -2.10. The SMILES string of the molecule is Nc1cc(Br)cc(Br)c1S(=O)(=O)Nc1nncs1. The highest BCUT2D eigenvalue weighted by atomic mass is 79.9. The van der Waals surface area contributed by atoms with Crippen molar-refractivity contribution in [3.05, 3.63) is 26.6 Å². The Bertz CT molecular complexity index is 649. The molecule has 0 bridgehead atoms. The van der Waals surface area contributed by atoms with Gasteiger partial charge in [0.1, 0.15) is 10.4 Å². The molecule has 1 aromatic heterocycles. The van der Waals surface area contributed by atoms with E-state index in [0.29, 0.717) is 8.95 Å². The third kappa shape index (κ3) is 2.82. The van der Waals surface area contributed by atoms with E-state index in [0.717, 1.165) is 11.3 Å². The van der Waals surface area contributed by atoms with E-state index in [1.54, 1.807) is 6.07 Å². The van der Waals surface area contributed by atoms with Gasteiger partial charge >= 0.3 is 0 Å². The molecule has 2 rings (SSSR count). The number of aromatic nitrogens is 2. The molecule has 1 aromatic carbocycles. The van der Waals surface area contributed by atoms with E-state index < -0.39 is 10.0 Å². The van der Waals surface area contributed by atoms with Crippen LogP contribution in [0.15, 0.2) is 31.5 Å². The fourth-order valence-corrected chi connectivity index (χ4v) is 5.01. The summed E-state index contributed by atoms with van der Waals surface area (Å²) < 4.78 is 27.7. The minimum Gasteiger partial charge on any atom is -0.398 e. The largest absolute Gasteiger partial charge is 0.398 e. The topological polar surface area (TPSA) is 98.0 Å². The average molecular weight is 414 g/mol. The lowest BCUT2D eigenvalue weighted by atomic mass is 10.3. The number of hydrogen-bond acceptors (Lipinski definition) is 6. The molecule has 18 heavy (non-hydrogen) atoms. The Balaban J connectivity index is 2.48. The summed E-state index contributed by atoms with van der Waals surface area (Å²) in [4.78, 5) is -0.0269. The summed E-state index contributed by atoms with van der Waals surface area (Å²) in [6, 6.07) is 3.12. The minimum atomic E-state index is -3.80. The molecular weight excluding hydrogens is 408 g/mol. The second kappa shape index (κ2) is 5.11. The minimum absolute atomic E-state index is 0.0269. The third-order valence-electron chi connectivity index (χ3n) is 1.89. The summed E-state index contributed by atoms with van der Waals surface area (Å²) in [6.07, 6.45) is 0. The molecule has 0 saturated carbocycles. The van der Waals surface area contributed by atoms with Crippen molar-refractivity contribution in [1.29, 1.82) is 0 Å². The van der Waals surface area contributed by atoms with Crippen LogP contribution in [0.5, 0.6) is 0 Å². The lowest BCUT2D eigenvalue weighted by molar-refractivity contribution is 0.601. The summed E-state index contributed by atoms with van der Waals surface area (Å²) in [6.45, 7) is 0. The van der Waals surface area contributed by atoms with Gasteiger partial charge in [-0.25, -0.2) is 8.42 Å². The predicted octanol–water partition coefficient (Wildman–Crippen LogP) is 2.45. The maximum atomic E-state index is 12.2. The maximum absolute atomic E-state index is 12.2. The van der Waals surface area contributed by atoms with Crippen molar-refractivity contribution in [2.75, 3.05) is 10.5 Å². The van der Waals surface area contributed by atoms with E-state index in [4.69, 9.17) is 5.73 Å². The van der Waals surface area contributed by atoms with Gasteiger partial charge in [-0.3, -0.25) is 4.72 Å². The van der Waals surface area contributed by atoms with Crippen LogP contribution in [0.2, 0.25) is 0 Å². The van der Waals surface area contributed by atoms with Crippen molar-refractivity contribution in [3.8, 4) is 0 Å². The van der Waals surface area contributed by atoms with Crippen molar-refractivity contribution < 1.29 is 8.42 Å². The van der Waals surface area contributed by atoms with Gasteiger partial charge in [0.25, 0.3) is 10.0 Å². The van der Waals surface area contributed by atoms with Crippen LogP contribution in [0.1, 0.15) is 0 Å². The van der Waals surface area contributed by atoms with Gasteiger partial charge < -0.3 is 5.73 Å². The van der Waals surface area contributed by atoms with E-state index in [-0.39, 0.29) is 15.7 Å². The molecular formula is C8H6Br2N4O2S2. The number of nitrogens with zero attached hydrogens (tertiary/aromatic N) is 2. The summed E-state index contributed by atoms with van der Waals surface area (Å²) in [7, 11) is -3.80. The van der Waals surface area contributed by atoms with Gasteiger partial charge in [0, 0.05) is 8.95 Å². The van der Waals surface area contributed by atoms with E-state index in [1.165, 1.54) is 11.6 Å². The molecule has 0 radical (unpaired) electrons. The van der Waals surface area contributed by atoms with Gasteiger partial charge in [0.15, 0.2) is 0 Å². The van der Waals surface area contributed by atoms with Crippen molar-refractivity contribution in [1.82, 2.24) is 10.2 Å². The quantitative estimate of drug-likeness (QED) is 0.753. The summed E-state index contributed by atoms with van der Waals surface area (Å²) in [5.74, 6) is 0. The number of sulfonamides is 1. The number of halogens is 2. The number of anilines is 2. The Hall–Kier alpha value is -0.710. The highest BCUT2D eigenvalue weighted by Gasteiger charge is 2.22. The van der Waals surface area contributed by atoms with Gasteiger partial charge in [-0.05, 0) is 28.1 Å². The summed E-state index contributed by atoms with van der Waals surface area (Å²) in [5, 5.41) is 7.35. The Kier molecular flexibility index (Phi) is 3.90. The molecule has 0 aliphatic carbocycles. The standard InChI is InChI=1S/C8H6Br2N4O2S2/c9-4-1-5(10)7(6(11)2-4)18(15,16)14-8-13-12-3-17-8/h1-3H,11H2,(H,13,14). The van der Waals surface area contributed by atoms with Crippen LogP contribution >= 0.6 is 43.2 Å². The molecule has 0 aliphatic heterocycles. The molecule has 0 amide bonds. The third-order valence-corrected chi connectivity index (χ3v) is 5.42. The molecule has 0 atom stereocenters. The van der Waals surface area contributed by atoms with Crippen molar-refractivity contribution in [2.24, 2.45) is 0 Å². The highest BCUT2D eigenvalue weighted by Crippen LogP contribution is 2.32. The molecule has 10 heteroatoms. The molecule has 0 fully saturated rings. The fourth-order valence-electron chi connectivity index (χ4n) is 1.25. The van der Waals surface area contributed by atoms with Gasteiger partial charge in [-0.1, -0.05) is 27.3 Å². The first-order valence-electron chi connectivity index (χ1n) is 4.43. The van der Waals surface area contributed by atoms with Gasteiger partial charge in [-0.15, -0.1) is 10.2 Å². The number of hydrogen-bond donors (Lipinski definition) is 2. The first kappa shape index (κ1) is 13.7. The second-order valence-electron chi connectivity index (χ2n) is 3.16. The van der Waals surface area contributed by atoms with Crippen molar-refractivity contribution in [3.63, 3.8) is 0 Å².